The van der Waals surface area contributed by atoms with Crippen molar-refractivity contribution < 1.29 is 23.4 Å². The number of halogens is 3. The van der Waals surface area contributed by atoms with Gasteiger partial charge in [0.2, 0.25) is 0 Å². The van der Waals surface area contributed by atoms with Crippen LogP contribution in [0.2, 0.25) is 5.02 Å². The molecule has 0 spiro atoms. The largest absolute Gasteiger partial charge is 0.478 e. The zero-order chi connectivity index (χ0) is 15.4. The van der Waals surface area contributed by atoms with E-state index in [0.717, 1.165) is 0 Å². The van der Waals surface area contributed by atoms with Gasteiger partial charge in [-0.05, 0) is 30.3 Å². The molecule has 0 aliphatic heterocycles. The Bertz CT molecular complexity index is 664. The molecule has 7 heteroatoms. The highest BCUT2D eigenvalue weighted by Crippen LogP contribution is 2.31. The fourth-order valence-electron chi connectivity index (χ4n) is 1.72. The third-order valence-corrected chi connectivity index (χ3v) is 2.82. The number of carboxylic acid groups (broad SMARTS) is 1. The lowest BCUT2D eigenvalue weighted by Gasteiger charge is -2.14. The minimum Gasteiger partial charge on any atom is -0.478 e. The molecule has 4 nitrogen and oxygen atoms in total. The topological polar surface area (TPSA) is 58.6 Å². The molecule has 0 aliphatic carbocycles. The number of para-hydroxylation sites is 2. The maximum Gasteiger partial charge on any atom is 0.387 e. The lowest BCUT2D eigenvalue weighted by molar-refractivity contribution is -0.0493. The molecule has 0 unspecified atom stereocenters. The Morgan fingerprint density at radius 1 is 1.19 bits per heavy atom. The summed E-state index contributed by atoms with van der Waals surface area (Å²) in [7, 11) is 0. The van der Waals surface area contributed by atoms with Crippen molar-refractivity contribution in [3.63, 3.8) is 0 Å². The second-order valence-electron chi connectivity index (χ2n) is 3.99. The molecular weight excluding hydrogens is 304 g/mol. The summed E-state index contributed by atoms with van der Waals surface area (Å²) in [4.78, 5) is 11.2. The van der Waals surface area contributed by atoms with Gasteiger partial charge in [-0.1, -0.05) is 23.7 Å². The third-order valence-electron chi connectivity index (χ3n) is 2.58. The quantitative estimate of drug-likeness (QED) is 0.860. The molecular formula is C14H10ClF2NO3. The van der Waals surface area contributed by atoms with E-state index in [1.165, 1.54) is 36.4 Å². The molecule has 0 saturated heterocycles. The highest BCUT2D eigenvalue weighted by Gasteiger charge is 2.14. The van der Waals surface area contributed by atoms with Gasteiger partial charge in [0, 0.05) is 5.02 Å². The maximum absolute atomic E-state index is 12.3. The molecule has 2 aromatic rings. The van der Waals surface area contributed by atoms with E-state index in [9.17, 15) is 13.6 Å². The van der Waals surface area contributed by atoms with Crippen LogP contribution in [0.3, 0.4) is 0 Å². The fourth-order valence-corrected chi connectivity index (χ4v) is 1.89. The average Bonchev–Trinajstić information content (AvgIpc) is 2.42. The first kappa shape index (κ1) is 15.1. The van der Waals surface area contributed by atoms with Gasteiger partial charge in [-0.15, -0.1) is 0 Å². The van der Waals surface area contributed by atoms with Crippen molar-refractivity contribution in [3.8, 4) is 5.75 Å². The van der Waals surface area contributed by atoms with Crippen LogP contribution in [0, 0.1) is 0 Å². The lowest BCUT2D eigenvalue weighted by Crippen LogP contribution is -2.06. The Morgan fingerprint density at radius 3 is 2.57 bits per heavy atom. The van der Waals surface area contributed by atoms with Crippen LogP contribution in [0.25, 0.3) is 0 Å². The standard InChI is InChI=1S/C14H10ClF2NO3/c15-8-5-6-10(9(7-8)13(19)20)18-11-3-1-2-4-12(11)21-14(16)17/h1-7,14,18H,(H,19,20). The van der Waals surface area contributed by atoms with E-state index in [1.54, 1.807) is 6.07 Å². The molecule has 0 bridgehead atoms. The zero-order valence-electron chi connectivity index (χ0n) is 10.5. The summed E-state index contributed by atoms with van der Waals surface area (Å²) in [5.41, 5.74) is 0.370. The number of hydrogen-bond donors (Lipinski definition) is 2. The van der Waals surface area contributed by atoms with Crippen molar-refractivity contribution in [1.82, 2.24) is 0 Å². The van der Waals surface area contributed by atoms with E-state index in [0.29, 0.717) is 0 Å². The second kappa shape index (κ2) is 6.41. The van der Waals surface area contributed by atoms with E-state index in [-0.39, 0.29) is 27.7 Å². The summed E-state index contributed by atoms with van der Waals surface area (Å²) in [6.45, 7) is -2.97. The fraction of sp³-hybridized carbons (Fsp3) is 0.0714. The van der Waals surface area contributed by atoms with Crippen molar-refractivity contribution in [2.75, 3.05) is 5.32 Å². The van der Waals surface area contributed by atoms with E-state index in [2.05, 4.69) is 10.1 Å². The van der Waals surface area contributed by atoms with Crippen molar-refractivity contribution in [1.29, 1.82) is 0 Å². The number of ether oxygens (including phenoxy) is 1. The predicted molar refractivity (Wildman–Crippen MR) is 74.8 cm³/mol. The number of aromatic carboxylic acids is 1. The number of rotatable bonds is 5. The summed E-state index contributed by atoms with van der Waals surface area (Å²) in [6, 6.07) is 10.2. The van der Waals surface area contributed by atoms with E-state index in [4.69, 9.17) is 16.7 Å². The van der Waals surface area contributed by atoms with E-state index in [1.807, 2.05) is 0 Å². The molecule has 21 heavy (non-hydrogen) atoms. The zero-order valence-corrected chi connectivity index (χ0v) is 11.3. The molecule has 2 aromatic carbocycles. The summed E-state index contributed by atoms with van der Waals surface area (Å²) in [5, 5.41) is 12.1. The van der Waals surface area contributed by atoms with Crippen LogP contribution in [0.1, 0.15) is 10.4 Å². The number of anilines is 2. The molecule has 2 N–H and O–H groups in total. The number of nitrogens with one attached hydrogen (secondary N) is 1. The van der Waals surface area contributed by atoms with Crippen molar-refractivity contribution in [2.45, 2.75) is 6.61 Å². The molecule has 110 valence electrons. The molecule has 0 radical (unpaired) electrons. The average molecular weight is 314 g/mol. The molecule has 0 amide bonds. The van der Waals surface area contributed by atoms with Gasteiger partial charge >= 0.3 is 12.6 Å². The van der Waals surface area contributed by atoms with Gasteiger partial charge in [0.1, 0.15) is 5.75 Å². The SMILES string of the molecule is O=C(O)c1cc(Cl)ccc1Nc1ccccc1OC(F)F. The second-order valence-corrected chi connectivity index (χ2v) is 4.43. The molecule has 0 aromatic heterocycles. The number of hydrogen-bond acceptors (Lipinski definition) is 3. The van der Waals surface area contributed by atoms with Gasteiger partial charge in [-0.2, -0.15) is 8.78 Å². The summed E-state index contributed by atoms with van der Waals surface area (Å²) in [5.74, 6) is -1.27. The summed E-state index contributed by atoms with van der Waals surface area (Å²) >= 11 is 5.75. The van der Waals surface area contributed by atoms with Gasteiger partial charge in [0.25, 0.3) is 0 Å². The molecule has 0 heterocycles. The van der Waals surface area contributed by atoms with E-state index >= 15 is 0 Å². The Morgan fingerprint density at radius 2 is 1.90 bits per heavy atom. The first-order chi connectivity index (χ1) is 9.97. The first-order valence-corrected chi connectivity index (χ1v) is 6.19. The number of carboxylic acids is 1. The van der Waals surface area contributed by atoms with Gasteiger partial charge in [0.15, 0.2) is 0 Å². The Kier molecular flexibility index (Phi) is 4.59. The van der Waals surface area contributed by atoms with Crippen molar-refractivity contribution in [3.05, 3.63) is 53.1 Å². The predicted octanol–water partition coefficient (Wildman–Crippen LogP) is 4.38. The Labute approximate surface area is 123 Å². The smallest absolute Gasteiger partial charge is 0.387 e. The van der Waals surface area contributed by atoms with Gasteiger partial charge in [-0.3, -0.25) is 0 Å². The van der Waals surface area contributed by atoms with Crippen molar-refractivity contribution in [2.24, 2.45) is 0 Å². The van der Waals surface area contributed by atoms with Crippen molar-refractivity contribution >= 4 is 28.9 Å². The van der Waals surface area contributed by atoms with Gasteiger partial charge in [0.05, 0.1) is 16.9 Å². The van der Waals surface area contributed by atoms with Gasteiger partial charge < -0.3 is 15.2 Å². The van der Waals surface area contributed by atoms with Crippen LogP contribution in [-0.2, 0) is 0 Å². The highest BCUT2D eigenvalue weighted by atomic mass is 35.5. The van der Waals surface area contributed by atoms with Crippen LogP contribution in [0.5, 0.6) is 5.75 Å². The number of carbonyl (C=O) groups is 1. The molecule has 0 saturated carbocycles. The third kappa shape index (κ3) is 3.82. The minimum atomic E-state index is -2.97. The van der Waals surface area contributed by atoms with Crippen LogP contribution >= 0.6 is 11.6 Å². The summed E-state index contributed by atoms with van der Waals surface area (Å²) in [6.07, 6.45) is 0. The van der Waals surface area contributed by atoms with Crippen LogP contribution in [0.4, 0.5) is 20.2 Å². The molecule has 0 aliphatic rings. The monoisotopic (exact) mass is 313 g/mol. The molecule has 2 rings (SSSR count). The number of benzene rings is 2. The first-order valence-electron chi connectivity index (χ1n) is 5.81. The summed E-state index contributed by atoms with van der Waals surface area (Å²) < 4.78 is 29.0. The van der Waals surface area contributed by atoms with E-state index < -0.39 is 12.6 Å². The molecule has 0 atom stereocenters. The lowest BCUT2D eigenvalue weighted by atomic mass is 10.1. The van der Waals surface area contributed by atoms with Crippen LogP contribution in [0.15, 0.2) is 42.5 Å². The Hall–Kier alpha value is -2.34. The van der Waals surface area contributed by atoms with Gasteiger partial charge in [-0.25, -0.2) is 4.79 Å². The maximum atomic E-state index is 12.3. The highest BCUT2D eigenvalue weighted by molar-refractivity contribution is 6.31. The number of alkyl halides is 2. The van der Waals surface area contributed by atoms with Crippen LogP contribution in [-0.4, -0.2) is 17.7 Å². The molecule has 0 fully saturated rings. The van der Waals surface area contributed by atoms with Crippen LogP contribution < -0.4 is 10.1 Å². The minimum absolute atomic E-state index is 0.0747. The normalized spacial score (nSPS) is 10.5. The Balaban J connectivity index is 2.37.